The van der Waals surface area contributed by atoms with Gasteiger partial charge in [-0.1, -0.05) is 66.2 Å². The molecule has 2 N–H and O–H groups in total. The number of nitrogens with zero attached hydrogens (tertiary/aromatic N) is 2. The van der Waals surface area contributed by atoms with Crippen LogP contribution >= 0.6 is 11.6 Å². The molecule has 0 spiro atoms. The summed E-state index contributed by atoms with van der Waals surface area (Å²) in [7, 11) is 0. The fourth-order valence-corrected chi connectivity index (χ4v) is 4.61. The molecule has 7 heteroatoms. The number of hydrogen-bond donors (Lipinski definition) is 1. The van der Waals surface area contributed by atoms with E-state index in [1.807, 2.05) is 24.3 Å². The monoisotopic (exact) mass is 490 g/mol. The molecule has 3 aromatic carbocycles. The fraction of sp³-hybridized carbons (Fsp3) is 0.286. The topological polar surface area (TPSA) is 83.7 Å². The summed E-state index contributed by atoms with van der Waals surface area (Å²) in [5.74, 6) is -0.827. The highest BCUT2D eigenvalue weighted by atomic mass is 35.5. The fourth-order valence-electron chi connectivity index (χ4n) is 4.48. The van der Waals surface area contributed by atoms with E-state index in [-0.39, 0.29) is 24.7 Å². The smallest absolute Gasteiger partial charge is 0.245 e. The minimum atomic E-state index is -0.693. The molecule has 3 amide bonds. The number of carbonyl (C=O) groups is 3. The lowest BCUT2D eigenvalue weighted by Crippen LogP contribution is -2.59. The zero-order valence-electron chi connectivity index (χ0n) is 19.5. The second-order valence-corrected chi connectivity index (χ2v) is 9.28. The van der Waals surface area contributed by atoms with Crippen molar-refractivity contribution in [2.45, 2.75) is 31.7 Å². The van der Waals surface area contributed by atoms with E-state index in [9.17, 15) is 14.4 Å². The van der Waals surface area contributed by atoms with E-state index >= 15 is 0 Å². The van der Waals surface area contributed by atoms with Crippen LogP contribution in [0.5, 0.6) is 0 Å². The lowest BCUT2D eigenvalue weighted by Gasteiger charge is -2.40. The molecule has 1 saturated heterocycles. The van der Waals surface area contributed by atoms with Gasteiger partial charge in [0.15, 0.2) is 0 Å². The first-order valence-electron chi connectivity index (χ1n) is 11.8. The Morgan fingerprint density at radius 1 is 0.971 bits per heavy atom. The average Bonchev–Trinajstić information content (AvgIpc) is 2.86. The minimum absolute atomic E-state index is 0.0515. The maximum Gasteiger partial charge on any atom is 0.245 e. The van der Waals surface area contributed by atoms with Crippen LogP contribution < -0.4 is 5.73 Å². The Kier molecular flexibility index (Phi) is 8.03. The Morgan fingerprint density at radius 3 is 2.43 bits per heavy atom. The largest absolute Gasteiger partial charge is 0.370 e. The Labute approximate surface area is 210 Å². The third-order valence-corrected chi connectivity index (χ3v) is 6.69. The van der Waals surface area contributed by atoms with Gasteiger partial charge < -0.3 is 15.5 Å². The van der Waals surface area contributed by atoms with Crippen LogP contribution in [0.1, 0.15) is 24.0 Å². The number of halogens is 1. The van der Waals surface area contributed by atoms with Gasteiger partial charge in [-0.15, -0.1) is 0 Å². The van der Waals surface area contributed by atoms with Crippen molar-refractivity contribution >= 4 is 40.1 Å². The third-order valence-electron chi connectivity index (χ3n) is 6.44. The molecule has 4 rings (SSSR count). The number of hydrogen-bond acceptors (Lipinski definition) is 3. The van der Waals surface area contributed by atoms with Crippen molar-refractivity contribution in [3.05, 3.63) is 89.3 Å². The third kappa shape index (κ3) is 6.40. The highest BCUT2D eigenvalue weighted by molar-refractivity contribution is 6.30. The number of nitrogens with two attached hydrogens (primary N) is 1. The second kappa shape index (κ2) is 11.4. The average molecular weight is 491 g/mol. The summed E-state index contributed by atoms with van der Waals surface area (Å²) in [5.41, 5.74) is 7.46. The van der Waals surface area contributed by atoms with Crippen LogP contribution in [-0.4, -0.2) is 53.2 Å². The summed E-state index contributed by atoms with van der Waals surface area (Å²) in [6.07, 6.45) is 3.01. The molecule has 1 heterocycles. The number of rotatable bonds is 9. The maximum absolute atomic E-state index is 13.3. The number of benzene rings is 3. The van der Waals surface area contributed by atoms with Crippen molar-refractivity contribution in [3.63, 3.8) is 0 Å². The molecule has 0 saturated carbocycles. The molecular weight excluding hydrogens is 462 g/mol. The number of piperazine rings is 1. The standard InChI is InChI=1S/C28H29ClN3O3/c29-24-10-6-20(7-11-24)8-14-27(34)32-18-17-31(28(35)25(32)12-13-26(30)33)16-15-21-5-9-22-3-1-2-4-23(22)19-21/h1-7,9-11,14,19,25H,8,12-13,15-18H2,(H2,30,33). The van der Waals surface area contributed by atoms with Gasteiger partial charge in [0.25, 0.3) is 0 Å². The molecule has 6 nitrogen and oxygen atoms in total. The van der Waals surface area contributed by atoms with Gasteiger partial charge in [-0.25, -0.2) is 0 Å². The zero-order valence-corrected chi connectivity index (χ0v) is 20.3. The lowest BCUT2D eigenvalue weighted by molar-refractivity contribution is -0.150. The van der Waals surface area contributed by atoms with Crippen LogP contribution in [0.25, 0.3) is 10.8 Å². The van der Waals surface area contributed by atoms with Crippen molar-refractivity contribution in [1.29, 1.82) is 0 Å². The summed E-state index contributed by atoms with van der Waals surface area (Å²) in [5, 5.41) is 2.99. The van der Waals surface area contributed by atoms with Gasteiger partial charge in [-0.3, -0.25) is 14.4 Å². The first-order chi connectivity index (χ1) is 16.9. The van der Waals surface area contributed by atoms with E-state index in [0.29, 0.717) is 31.1 Å². The molecule has 1 aliphatic heterocycles. The predicted octanol–water partition coefficient (Wildman–Crippen LogP) is 3.79. The zero-order chi connectivity index (χ0) is 24.8. The molecule has 0 aromatic heterocycles. The van der Waals surface area contributed by atoms with Crippen molar-refractivity contribution < 1.29 is 14.4 Å². The molecule has 0 aliphatic carbocycles. The first-order valence-corrected chi connectivity index (χ1v) is 12.2. The van der Waals surface area contributed by atoms with Crippen LogP contribution in [0, 0.1) is 6.42 Å². The quantitative estimate of drug-likeness (QED) is 0.495. The molecule has 3 aromatic rings. The van der Waals surface area contributed by atoms with Gasteiger partial charge in [0.05, 0.1) is 6.42 Å². The SMILES string of the molecule is NC(=O)CCC1C(=O)N(CCc2ccc3ccccc3c2)CCN1C(=O)[CH]Cc1ccc(Cl)cc1. The summed E-state index contributed by atoms with van der Waals surface area (Å²) in [4.78, 5) is 41.2. The molecular formula is C28H29ClN3O3. The van der Waals surface area contributed by atoms with E-state index in [1.54, 1.807) is 28.4 Å². The van der Waals surface area contributed by atoms with E-state index in [1.165, 1.54) is 10.8 Å². The molecule has 0 bridgehead atoms. The van der Waals surface area contributed by atoms with Gasteiger partial charge in [0, 0.05) is 31.1 Å². The van der Waals surface area contributed by atoms with Crippen molar-refractivity contribution in [1.82, 2.24) is 9.80 Å². The number of primary amides is 1. The number of amides is 3. The van der Waals surface area contributed by atoms with Gasteiger partial charge in [-0.05, 0) is 53.3 Å². The molecule has 1 fully saturated rings. The summed E-state index contributed by atoms with van der Waals surface area (Å²) in [6.45, 7) is 1.43. The van der Waals surface area contributed by atoms with Crippen molar-refractivity contribution in [2.24, 2.45) is 5.73 Å². The molecule has 181 valence electrons. The van der Waals surface area contributed by atoms with Crippen LogP contribution in [0.3, 0.4) is 0 Å². The Balaban J connectivity index is 1.40. The van der Waals surface area contributed by atoms with E-state index in [2.05, 4.69) is 30.3 Å². The molecule has 1 radical (unpaired) electrons. The Bertz CT molecular complexity index is 1210. The number of fused-ring (bicyclic) bond motifs is 1. The van der Waals surface area contributed by atoms with Crippen LogP contribution in [0.2, 0.25) is 5.02 Å². The van der Waals surface area contributed by atoms with Crippen LogP contribution in [0.15, 0.2) is 66.7 Å². The normalized spacial score (nSPS) is 16.0. The highest BCUT2D eigenvalue weighted by Gasteiger charge is 2.37. The van der Waals surface area contributed by atoms with Crippen molar-refractivity contribution in [2.75, 3.05) is 19.6 Å². The highest BCUT2D eigenvalue weighted by Crippen LogP contribution is 2.20. The van der Waals surface area contributed by atoms with Crippen molar-refractivity contribution in [3.8, 4) is 0 Å². The van der Waals surface area contributed by atoms with Crippen LogP contribution in [-0.2, 0) is 27.2 Å². The summed E-state index contributed by atoms with van der Waals surface area (Å²) < 4.78 is 0. The molecule has 1 aliphatic rings. The first kappa shape index (κ1) is 24.7. The predicted molar refractivity (Wildman–Crippen MR) is 138 cm³/mol. The van der Waals surface area contributed by atoms with Crippen LogP contribution in [0.4, 0.5) is 0 Å². The van der Waals surface area contributed by atoms with E-state index in [0.717, 1.165) is 17.5 Å². The molecule has 1 atom stereocenters. The molecule has 35 heavy (non-hydrogen) atoms. The summed E-state index contributed by atoms with van der Waals surface area (Å²) >= 11 is 5.93. The van der Waals surface area contributed by atoms with E-state index < -0.39 is 11.9 Å². The van der Waals surface area contributed by atoms with Gasteiger partial charge in [0.2, 0.25) is 17.7 Å². The Morgan fingerprint density at radius 2 is 1.69 bits per heavy atom. The molecule has 1 unspecified atom stereocenters. The summed E-state index contributed by atoms with van der Waals surface area (Å²) in [6, 6.07) is 21.1. The Hall–Kier alpha value is -3.38. The minimum Gasteiger partial charge on any atom is -0.370 e. The van der Waals surface area contributed by atoms with E-state index in [4.69, 9.17) is 17.3 Å². The maximum atomic E-state index is 13.3. The van der Waals surface area contributed by atoms with Gasteiger partial charge in [0.1, 0.15) is 6.04 Å². The van der Waals surface area contributed by atoms with Gasteiger partial charge >= 0.3 is 0 Å². The number of carbonyl (C=O) groups excluding carboxylic acids is 3. The second-order valence-electron chi connectivity index (χ2n) is 8.84. The lowest BCUT2D eigenvalue weighted by atomic mass is 10.0. The van der Waals surface area contributed by atoms with Gasteiger partial charge in [-0.2, -0.15) is 0 Å².